The van der Waals surface area contributed by atoms with Gasteiger partial charge in [-0.1, -0.05) is 18.2 Å². The normalized spacial score (nSPS) is 15.3. The summed E-state index contributed by atoms with van der Waals surface area (Å²) in [7, 11) is -1.60. The fourth-order valence-corrected chi connectivity index (χ4v) is 4.20. The van der Waals surface area contributed by atoms with Crippen LogP contribution < -0.4 is 10.6 Å². The number of nitrogens with one attached hydrogen (secondary N) is 2. The van der Waals surface area contributed by atoms with E-state index in [0.717, 1.165) is 24.7 Å². The van der Waals surface area contributed by atoms with Crippen molar-refractivity contribution in [3.63, 3.8) is 0 Å². The van der Waals surface area contributed by atoms with Gasteiger partial charge in [0.2, 0.25) is 0 Å². The molecule has 30 heavy (non-hydrogen) atoms. The van der Waals surface area contributed by atoms with Gasteiger partial charge in [0.05, 0.1) is 5.75 Å². The number of guanidine groups is 1. The van der Waals surface area contributed by atoms with Gasteiger partial charge in [-0.25, -0.2) is 17.2 Å². The molecule has 0 heterocycles. The first-order valence-electron chi connectivity index (χ1n) is 9.36. The van der Waals surface area contributed by atoms with E-state index < -0.39 is 15.7 Å². The van der Waals surface area contributed by atoms with Crippen LogP contribution in [0.2, 0.25) is 0 Å². The van der Waals surface area contributed by atoms with E-state index in [1.165, 1.54) is 30.3 Å². The molecule has 1 saturated carbocycles. The van der Waals surface area contributed by atoms with Crippen LogP contribution in [0.5, 0.6) is 0 Å². The molecule has 0 bridgehead atoms. The van der Waals surface area contributed by atoms with Crippen LogP contribution in [-0.2, 0) is 27.5 Å². The first-order valence-corrected chi connectivity index (χ1v) is 11.4. The summed E-state index contributed by atoms with van der Waals surface area (Å²) in [5.74, 6) is -0.289. The molecule has 0 aliphatic heterocycles. The lowest BCUT2D eigenvalue weighted by Gasteiger charge is -2.19. The number of halogens is 3. The Morgan fingerprint density at radius 2 is 1.67 bits per heavy atom. The van der Waals surface area contributed by atoms with Crippen molar-refractivity contribution < 1.29 is 17.2 Å². The highest BCUT2D eigenvalue weighted by Gasteiger charge is 2.44. The Kier molecular flexibility index (Phi) is 8.20. The smallest absolute Gasteiger partial charge is 0.191 e. The van der Waals surface area contributed by atoms with Crippen LogP contribution in [0.15, 0.2) is 47.5 Å². The maximum atomic E-state index is 13.7. The van der Waals surface area contributed by atoms with Crippen LogP contribution in [-0.4, -0.2) is 34.2 Å². The van der Waals surface area contributed by atoms with Gasteiger partial charge in [-0.3, -0.25) is 4.99 Å². The van der Waals surface area contributed by atoms with E-state index in [-0.39, 0.29) is 47.5 Å². The average Bonchev–Trinajstić information content (AvgIpc) is 3.44. The number of hydrogen-bond acceptors (Lipinski definition) is 3. The third kappa shape index (κ3) is 6.63. The van der Waals surface area contributed by atoms with Crippen molar-refractivity contribution >= 4 is 39.8 Å². The van der Waals surface area contributed by atoms with Crippen molar-refractivity contribution in [3.8, 4) is 0 Å². The van der Waals surface area contributed by atoms with Crippen molar-refractivity contribution in [1.29, 1.82) is 0 Å². The molecule has 9 heteroatoms. The van der Waals surface area contributed by atoms with Crippen molar-refractivity contribution in [2.24, 2.45) is 4.99 Å². The molecule has 1 fully saturated rings. The zero-order valence-electron chi connectivity index (χ0n) is 16.9. The monoisotopic (exact) mass is 549 g/mol. The fourth-order valence-electron chi connectivity index (χ4n) is 3.36. The van der Waals surface area contributed by atoms with Crippen LogP contribution in [0, 0.1) is 11.6 Å². The first kappa shape index (κ1) is 24.5. The average molecular weight is 549 g/mol. The van der Waals surface area contributed by atoms with E-state index in [2.05, 4.69) is 15.6 Å². The number of aliphatic imine (C=N–C) groups is 1. The van der Waals surface area contributed by atoms with E-state index in [0.29, 0.717) is 23.6 Å². The quantitative estimate of drug-likeness (QED) is 0.315. The Labute approximate surface area is 193 Å². The number of benzene rings is 2. The van der Waals surface area contributed by atoms with Crippen molar-refractivity contribution in [3.05, 3.63) is 70.8 Å². The SMILES string of the molecule is CN=C(NCc1cc(F)ccc1CS(C)(=O)=O)NCC1(c2ccc(F)cc2)CC1.I. The van der Waals surface area contributed by atoms with E-state index in [9.17, 15) is 17.2 Å². The summed E-state index contributed by atoms with van der Waals surface area (Å²) in [5, 5.41) is 6.39. The Morgan fingerprint density at radius 1 is 1.03 bits per heavy atom. The molecule has 0 aromatic heterocycles. The standard InChI is InChI=1S/C21H25F2N3O2S.HI/c1-24-20(26-14-21(9-10-21)17-4-7-18(22)8-5-17)25-12-16-11-19(23)6-3-15(16)13-29(2,27)28;/h3-8,11H,9-10,12-14H2,1-2H3,(H2,24,25,26);1H. The van der Waals surface area contributed by atoms with E-state index in [1.807, 2.05) is 12.1 Å². The molecular formula is C21H26F2IN3O2S. The van der Waals surface area contributed by atoms with Crippen molar-refractivity contribution in [1.82, 2.24) is 10.6 Å². The lowest BCUT2D eigenvalue weighted by atomic mass is 9.96. The zero-order chi connectivity index (χ0) is 21.1. The van der Waals surface area contributed by atoms with Crippen LogP contribution in [0.3, 0.4) is 0 Å². The number of hydrogen-bond donors (Lipinski definition) is 2. The highest BCUT2D eigenvalue weighted by atomic mass is 127. The summed E-state index contributed by atoms with van der Waals surface area (Å²) in [5.41, 5.74) is 2.17. The summed E-state index contributed by atoms with van der Waals surface area (Å²) in [4.78, 5) is 4.19. The van der Waals surface area contributed by atoms with Crippen LogP contribution in [0.4, 0.5) is 8.78 Å². The molecule has 164 valence electrons. The molecule has 5 nitrogen and oxygen atoms in total. The second-order valence-electron chi connectivity index (χ2n) is 7.55. The predicted molar refractivity (Wildman–Crippen MR) is 126 cm³/mol. The molecule has 0 unspecified atom stereocenters. The van der Waals surface area contributed by atoms with E-state index in [4.69, 9.17) is 0 Å². The summed E-state index contributed by atoms with van der Waals surface area (Å²) in [6.07, 6.45) is 3.16. The highest BCUT2D eigenvalue weighted by molar-refractivity contribution is 14.0. The van der Waals surface area contributed by atoms with Gasteiger partial charge in [0, 0.05) is 31.8 Å². The lowest BCUT2D eigenvalue weighted by Crippen LogP contribution is -2.41. The second-order valence-corrected chi connectivity index (χ2v) is 9.69. The highest BCUT2D eigenvalue weighted by Crippen LogP contribution is 2.47. The molecular weight excluding hydrogens is 523 g/mol. The number of rotatable bonds is 7. The maximum Gasteiger partial charge on any atom is 0.191 e. The summed E-state index contributed by atoms with van der Waals surface area (Å²) in [6, 6.07) is 10.6. The van der Waals surface area contributed by atoms with Gasteiger partial charge < -0.3 is 10.6 Å². The molecule has 0 atom stereocenters. The van der Waals surface area contributed by atoms with Crippen LogP contribution in [0.1, 0.15) is 29.5 Å². The Morgan fingerprint density at radius 3 is 2.23 bits per heavy atom. The topological polar surface area (TPSA) is 70.6 Å². The summed E-state index contributed by atoms with van der Waals surface area (Å²) in [6.45, 7) is 0.878. The molecule has 3 rings (SSSR count). The third-order valence-corrected chi connectivity index (χ3v) is 6.00. The fraction of sp³-hybridized carbons (Fsp3) is 0.381. The van der Waals surface area contributed by atoms with Crippen LogP contribution >= 0.6 is 24.0 Å². The van der Waals surface area contributed by atoms with Gasteiger partial charge in [-0.05, 0) is 53.8 Å². The number of sulfone groups is 1. The molecule has 1 aliphatic rings. The van der Waals surface area contributed by atoms with Crippen molar-refractivity contribution in [2.45, 2.75) is 30.6 Å². The van der Waals surface area contributed by atoms with Gasteiger partial charge >= 0.3 is 0 Å². The molecule has 2 aromatic carbocycles. The summed E-state index contributed by atoms with van der Waals surface area (Å²) >= 11 is 0. The third-order valence-electron chi connectivity index (χ3n) is 5.16. The number of nitrogens with zero attached hydrogens (tertiary/aromatic N) is 1. The minimum absolute atomic E-state index is 0. The largest absolute Gasteiger partial charge is 0.356 e. The van der Waals surface area contributed by atoms with Crippen LogP contribution in [0.25, 0.3) is 0 Å². The maximum absolute atomic E-state index is 13.7. The minimum Gasteiger partial charge on any atom is -0.356 e. The molecule has 0 saturated heterocycles. The van der Waals surface area contributed by atoms with Gasteiger partial charge in [-0.15, -0.1) is 24.0 Å². The summed E-state index contributed by atoms with van der Waals surface area (Å²) < 4.78 is 50.1. The molecule has 1 aliphatic carbocycles. The molecule has 2 aromatic rings. The molecule has 2 N–H and O–H groups in total. The Bertz CT molecular complexity index is 1010. The first-order chi connectivity index (χ1) is 13.7. The van der Waals surface area contributed by atoms with Crippen molar-refractivity contribution in [2.75, 3.05) is 19.8 Å². The lowest BCUT2D eigenvalue weighted by molar-refractivity contribution is 0.599. The molecule has 0 spiro atoms. The van der Waals surface area contributed by atoms with E-state index in [1.54, 1.807) is 7.05 Å². The predicted octanol–water partition coefficient (Wildman–Crippen LogP) is 3.52. The van der Waals surface area contributed by atoms with Gasteiger partial charge in [-0.2, -0.15) is 0 Å². The Balaban J connectivity index is 0.00000320. The van der Waals surface area contributed by atoms with Gasteiger partial charge in [0.1, 0.15) is 11.6 Å². The zero-order valence-corrected chi connectivity index (χ0v) is 20.1. The molecule has 0 amide bonds. The molecule has 0 radical (unpaired) electrons. The van der Waals surface area contributed by atoms with E-state index >= 15 is 0 Å². The minimum atomic E-state index is -3.23. The van der Waals surface area contributed by atoms with Gasteiger partial charge in [0.25, 0.3) is 0 Å². The van der Waals surface area contributed by atoms with Gasteiger partial charge in [0.15, 0.2) is 15.8 Å². The Hall–Kier alpha value is -1.75. The second kappa shape index (κ2) is 10.0.